The number of methoxy groups -OCH3 is 1. The fourth-order valence-electron chi connectivity index (χ4n) is 2.44. The molecule has 0 bridgehead atoms. The zero-order valence-electron chi connectivity index (χ0n) is 12.5. The molecule has 0 aliphatic carbocycles. The van der Waals surface area contributed by atoms with Crippen molar-refractivity contribution in [2.24, 2.45) is 0 Å². The van der Waals surface area contributed by atoms with Gasteiger partial charge in [-0.25, -0.2) is 0 Å². The summed E-state index contributed by atoms with van der Waals surface area (Å²) in [5.74, 6) is 1.05. The molecule has 1 aromatic rings. The molecule has 1 N–H and O–H groups in total. The van der Waals surface area contributed by atoms with Crippen LogP contribution >= 0.6 is 0 Å². The van der Waals surface area contributed by atoms with Crippen LogP contribution in [0.1, 0.15) is 30.5 Å². The molecule has 20 heavy (non-hydrogen) atoms. The van der Waals surface area contributed by atoms with E-state index in [0.29, 0.717) is 19.8 Å². The van der Waals surface area contributed by atoms with Crippen LogP contribution in [0.15, 0.2) is 18.2 Å². The average Bonchev–Trinajstić information content (AvgIpc) is 2.95. The molecule has 1 atom stereocenters. The molecular weight excluding hydrogens is 254 g/mol. The Labute approximate surface area is 121 Å². The van der Waals surface area contributed by atoms with Crippen LogP contribution in [0.4, 0.5) is 0 Å². The monoisotopic (exact) mass is 279 g/mol. The third kappa shape index (κ3) is 3.95. The molecular formula is C16H25NO3. The van der Waals surface area contributed by atoms with Crippen molar-refractivity contribution in [2.45, 2.75) is 25.8 Å². The van der Waals surface area contributed by atoms with Gasteiger partial charge >= 0.3 is 0 Å². The van der Waals surface area contributed by atoms with Crippen LogP contribution < -0.4 is 10.1 Å². The lowest BCUT2D eigenvalue weighted by molar-refractivity contribution is 0.0582. The second-order valence-electron chi connectivity index (χ2n) is 5.01. The van der Waals surface area contributed by atoms with Crippen LogP contribution in [0.3, 0.4) is 0 Å². The van der Waals surface area contributed by atoms with E-state index in [0.717, 1.165) is 31.7 Å². The smallest absolute Gasteiger partial charge is 0.127 e. The van der Waals surface area contributed by atoms with Crippen LogP contribution in [0, 0.1) is 0 Å². The van der Waals surface area contributed by atoms with Gasteiger partial charge in [0.1, 0.15) is 5.75 Å². The zero-order chi connectivity index (χ0) is 14.2. The standard InChI is InChI=1S/C16H25NO3/c1-3-8-17-15(12-19-11-10-18-2)14-6-4-5-13-7-9-20-16(13)14/h4-6,15,17H,3,7-12H2,1-2H3. The van der Waals surface area contributed by atoms with Crippen LogP contribution in [-0.2, 0) is 15.9 Å². The zero-order valence-corrected chi connectivity index (χ0v) is 12.5. The molecule has 1 aliphatic heterocycles. The number of hydrogen-bond donors (Lipinski definition) is 1. The third-order valence-corrected chi connectivity index (χ3v) is 3.48. The maximum atomic E-state index is 5.80. The van der Waals surface area contributed by atoms with Crippen LogP contribution in [0.5, 0.6) is 5.75 Å². The molecule has 0 spiro atoms. The lowest BCUT2D eigenvalue weighted by atomic mass is 10.0. The topological polar surface area (TPSA) is 39.7 Å². The van der Waals surface area contributed by atoms with Gasteiger partial charge in [-0.3, -0.25) is 0 Å². The Balaban J connectivity index is 2.03. The molecule has 0 radical (unpaired) electrons. The third-order valence-electron chi connectivity index (χ3n) is 3.48. The maximum absolute atomic E-state index is 5.80. The van der Waals surface area contributed by atoms with E-state index in [1.807, 2.05) is 0 Å². The second-order valence-corrected chi connectivity index (χ2v) is 5.01. The van der Waals surface area contributed by atoms with Gasteiger partial charge in [-0.15, -0.1) is 0 Å². The first kappa shape index (κ1) is 15.3. The van der Waals surface area contributed by atoms with Crippen molar-refractivity contribution < 1.29 is 14.2 Å². The van der Waals surface area contributed by atoms with Crippen LogP contribution in [0.2, 0.25) is 0 Å². The van der Waals surface area contributed by atoms with E-state index in [1.54, 1.807) is 7.11 Å². The van der Waals surface area contributed by atoms with E-state index < -0.39 is 0 Å². The molecule has 0 saturated carbocycles. The molecule has 0 aromatic heterocycles. The van der Waals surface area contributed by atoms with Crippen molar-refractivity contribution in [1.29, 1.82) is 0 Å². The number of para-hydroxylation sites is 1. The van der Waals surface area contributed by atoms with Gasteiger partial charge in [0.25, 0.3) is 0 Å². The van der Waals surface area contributed by atoms with Gasteiger partial charge in [-0.05, 0) is 18.5 Å². The van der Waals surface area contributed by atoms with Crippen LogP contribution in [0.25, 0.3) is 0 Å². The van der Waals surface area contributed by atoms with Crippen molar-refractivity contribution in [3.8, 4) is 5.75 Å². The van der Waals surface area contributed by atoms with E-state index in [1.165, 1.54) is 11.1 Å². The highest BCUT2D eigenvalue weighted by atomic mass is 16.5. The number of benzene rings is 1. The number of nitrogens with one attached hydrogen (secondary N) is 1. The molecule has 112 valence electrons. The van der Waals surface area contributed by atoms with E-state index in [2.05, 4.69) is 30.4 Å². The van der Waals surface area contributed by atoms with Crippen molar-refractivity contribution in [3.63, 3.8) is 0 Å². The normalized spacial score (nSPS) is 14.9. The van der Waals surface area contributed by atoms with Crippen molar-refractivity contribution in [3.05, 3.63) is 29.3 Å². The first-order chi connectivity index (χ1) is 9.86. The van der Waals surface area contributed by atoms with Gasteiger partial charge in [0.2, 0.25) is 0 Å². The van der Waals surface area contributed by atoms with Gasteiger partial charge in [0.15, 0.2) is 0 Å². The van der Waals surface area contributed by atoms with E-state index >= 15 is 0 Å². The minimum absolute atomic E-state index is 0.180. The summed E-state index contributed by atoms with van der Waals surface area (Å²) in [7, 11) is 1.69. The number of hydrogen-bond acceptors (Lipinski definition) is 4. The minimum atomic E-state index is 0.180. The van der Waals surface area contributed by atoms with Crippen molar-refractivity contribution in [2.75, 3.05) is 40.1 Å². The van der Waals surface area contributed by atoms with Gasteiger partial charge in [-0.1, -0.05) is 25.1 Å². The van der Waals surface area contributed by atoms with Gasteiger partial charge in [0.05, 0.1) is 32.5 Å². The predicted octanol–water partition coefficient (Wildman–Crippen LogP) is 2.33. The molecule has 1 unspecified atom stereocenters. The summed E-state index contributed by atoms with van der Waals surface area (Å²) in [5.41, 5.74) is 2.52. The summed E-state index contributed by atoms with van der Waals surface area (Å²) >= 11 is 0. The largest absolute Gasteiger partial charge is 0.493 e. The van der Waals surface area contributed by atoms with Crippen LogP contribution in [-0.4, -0.2) is 40.1 Å². The fraction of sp³-hybridized carbons (Fsp3) is 0.625. The highest BCUT2D eigenvalue weighted by Gasteiger charge is 2.21. The highest BCUT2D eigenvalue weighted by molar-refractivity contribution is 5.45. The SMILES string of the molecule is CCCNC(COCCOC)c1cccc2c1OCC2. The number of rotatable bonds is 9. The number of ether oxygens (including phenoxy) is 3. The first-order valence-corrected chi connectivity index (χ1v) is 7.41. The summed E-state index contributed by atoms with van der Waals surface area (Å²) < 4.78 is 16.5. The van der Waals surface area contributed by atoms with Gasteiger partial charge in [-0.2, -0.15) is 0 Å². The molecule has 0 fully saturated rings. The van der Waals surface area contributed by atoms with Crippen molar-refractivity contribution >= 4 is 0 Å². The Bertz CT molecular complexity index is 409. The van der Waals surface area contributed by atoms with E-state index in [4.69, 9.17) is 14.2 Å². The highest BCUT2D eigenvalue weighted by Crippen LogP contribution is 2.33. The summed E-state index contributed by atoms with van der Waals surface area (Å²) in [6, 6.07) is 6.57. The quantitative estimate of drug-likeness (QED) is 0.704. The predicted molar refractivity (Wildman–Crippen MR) is 79.4 cm³/mol. The molecule has 1 aromatic carbocycles. The first-order valence-electron chi connectivity index (χ1n) is 7.41. The summed E-state index contributed by atoms with van der Waals surface area (Å²) in [4.78, 5) is 0. The molecule has 0 amide bonds. The lowest BCUT2D eigenvalue weighted by Crippen LogP contribution is -2.27. The van der Waals surface area contributed by atoms with E-state index in [-0.39, 0.29) is 6.04 Å². The molecule has 4 nitrogen and oxygen atoms in total. The summed E-state index contributed by atoms with van der Waals surface area (Å²) in [6.07, 6.45) is 2.11. The lowest BCUT2D eigenvalue weighted by Gasteiger charge is -2.21. The number of fused-ring (bicyclic) bond motifs is 1. The van der Waals surface area contributed by atoms with Crippen molar-refractivity contribution in [1.82, 2.24) is 5.32 Å². The Morgan fingerprint density at radius 2 is 2.25 bits per heavy atom. The fourth-order valence-corrected chi connectivity index (χ4v) is 2.44. The Morgan fingerprint density at radius 3 is 3.05 bits per heavy atom. The average molecular weight is 279 g/mol. The summed E-state index contributed by atoms with van der Waals surface area (Å²) in [5, 5.41) is 3.55. The van der Waals surface area contributed by atoms with E-state index in [9.17, 15) is 0 Å². The Hall–Kier alpha value is -1.10. The molecule has 4 heteroatoms. The maximum Gasteiger partial charge on any atom is 0.127 e. The van der Waals surface area contributed by atoms with Gasteiger partial charge in [0, 0.05) is 19.1 Å². The molecule has 2 rings (SSSR count). The second kappa shape index (κ2) is 8.25. The molecule has 1 heterocycles. The summed E-state index contributed by atoms with van der Waals surface area (Å²) in [6.45, 7) is 5.82. The minimum Gasteiger partial charge on any atom is -0.493 e. The Kier molecular flexibility index (Phi) is 6.30. The molecule has 0 saturated heterocycles. The van der Waals surface area contributed by atoms with Gasteiger partial charge < -0.3 is 19.5 Å². The molecule has 1 aliphatic rings. The Morgan fingerprint density at radius 1 is 1.35 bits per heavy atom.